The van der Waals surface area contributed by atoms with E-state index in [9.17, 15) is 18.4 Å². The molecule has 1 aliphatic rings. The lowest BCUT2D eigenvalue weighted by Gasteiger charge is -2.11. The molecule has 1 saturated heterocycles. The summed E-state index contributed by atoms with van der Waals surface area (Å²) in [6, 6.07) is 10.1. The molecule has 1 aliphatic heterocycles. The second kappa shape index (κ2) is 14.9. The van der Waals surface area contributed by atoms with Crippen LogP contribution in [0.15, 0.2) is 53.4 Å². The summed E-state index contributed by atoms with van der Waals surface area (Å²) in [5.74, 6) is 0.608. The van der Waals surface area contributed by atoms with Crippen molar-refractivity contribution in [3.05, 3.63) is 65.6 Å². The second-order valence-corrected chi connectivity index (χ2v) is 9.86. The minimum absolute atomic E-state index is 0. The number of carbonyl (C=O) groups excluding carboxylic acids is 2. The average Bonchev–Trinajstić information content (AvgIpc) is 3.68. The van der Waals surface area contributed by atoms with Crippen LogP contribution in [0.2, 0.25) is 0 Å². The summed E-state index contributed by atoms with van der Waals surface area (Å²) >= 11 is 3.19. The standard InChI is InChI=1S/C6H4BrFN4.C6H5FN4.C6H7N5.C5H8N2O2.2BrH/c7-4-2-1-3-5(9)10-6(8)11-12(3)4;7-6-9-5(8)4-2-1-3-11(4)10-6;7-5-4-2-1-3-11(4)10-6(8)9-5;1-5(2)3(8)6-4(9)7-5;;/h1-2H,(H2,9,10,11);1-3H,(H2,8,9,10);1-3H,(H4,7,8,9,10);1-2H3,(H2,6,7,8,9);2*1H. The minimum Gasteiger partial charge on any atom is -0.382 e. The van der Waals surface area contributed by atoms with Crippen LogP contribution in [0, 0.1) is 12.2 Å². The molecule has 17 nitrogen and oxygen atoms in total. The molecule has 7 heterocycles. The molecule has 1 fully saturated rings. The number of urea groups is 1. The lowest BCUT2D eigenvalue weighted by molar-refractivity contribution is -0.122. The fraction of sp³-hybridized carbons (Fsp3) is 0.130. The molecule has 3 amide bonds. The summed E-state index contributed by atoms with van der Waals surface area (Å²) < 4.78 is 30.0. The van der Waals surface area contributed by atoms with Gasteiger partial charge in [0.2, 0.25) is 5.95 Å². The number of amides is 3. The molecule has 22 heteroatoms. The second-order valence-electron chi connectivity index (χ2n) is 9.05. The molecule has 0 atom stereocenters. The molecule has 6 aromatic rings. The first-order valence-corrected chi connectivity index (χ1v) is 12.8. The Morgan fingerprint density at radius 3 is 1.78 bits per heavy atom. The average molecular weight is 822 g/mol. The van der Waals surface area contributed by atoms with Crippen LogP contribution in [-0.2, 0) is 4.79 Å². The third kappa shape index (κ3) is 8.69. The van der Waals surface area contributed by atoms with Crippen LogP contribution < -0.4 is 33.6 Å². The number of nitrogens with zero attached hydrogens (tertiary/aromatic N) is 9. The number of nitrogens with two attached hydrogens (primary N) is 4. The predicted octanol–water partition coefficient (Wildman–Crippen LogP) is 2.32. The highest BCUT2D eigenvalue weighted by atomic mass is 79.9. The zero-order valence-corrected chi connectivity index (χ0v) is 28.2. The van der Waals surface area contributed by atoms with Gasteiger partial charge in [0.25, 0.3) is 5.91 Å². The van der Waals surface area contributed by atoms with Gasteiger partial charge in [-0.05, 0) is 66.2 Å². The highest BCUT2D eigenvalue weighted by Crippen LogP contribution is 2.17. The van der Waals surface area contributed by atoms with Crippen molar-refractivity contribution in [2.24, 2.45) is 0 Å². The number of imide groups is 1. The number of anilines is 4. The van der Waals surface area contributed by atoms with E-state index in [1.54, 1.807) is 55.0 Å². The minimum atomic E-state index is -0.836. The molecule has 6 aromatic heterocycles. The van der Waals surface area contributed by atoms with Crippen molar-refractivity contribution >= 4 is 102 Å². The highest BCUT2D eigenvalue weighted by molar-refractivity contribution is 9.10. The van der Waals surface area contributed by atoms with Gasteiger partial charge in [0.15, 0.2) is 17.5 Å². The van der Waals surface area contributed by atoms with Gasteiger partial charge < -0.3 is 28.3 Å². The number of halogens is 5. The van der Waals surface area contributed by atoms with Crippen molar-refractivity contribution in [2.45, 2.75) is 19.4 Å². The van der Waals surface area contributed by atoms with Gasteiger partial charge in [0.05, 0.1) is 0 Å². The van der Waals surface area contributed by atoms with E-state index in [0.29, 0.717) is 21.5 Å². The number of nitrogens with one attached hydrogen (secondary N) is 2. The predicted molar refractivity (Wildman–Crippen MR) is 176 cm³/mol. The molecule has 0 unspecified atom stereocenters. The molecule has 0 bridgehead atoms. The van der Waals surface area contributed by atoms with Crippen molar-refractivity contribution in [2.75, 3.05) is 22.9 Å². The van der Waals surface area contributed by atoms with Gasteiger partial charge in [0, 0.05) is 12.4 Å². The fourth-order valence-corrected chi connectivity index (χ4v) is 3.90. The first-order valence-electron chi connectivity index (χ1n) is 12.0. The maximum Gasteiger partial charge on any atom is 0.327 e. The molecule has 0 saturated carbocycles. The topological polar surface area (TPSA) is 253 Å². The monoisotopic (exact) mass is 819 g/mol. The quantitative estimate of drug-likeness (QED) is 0.121. The number of fused-ring (bicyclic) bond motifs is 3. The third-order valence-electron chi connectivity index (χ3n) is 5.52. The molecular formula is C23H26Br3F2N15O2. The summed E-state index contributed by atoms with van der Waals surface area (Å²) in [5.41, 5.74) is 23.0. The SMILES string of the molecule is Br.Br.CC1(C)NC(=O)NC1=O.Nc1nc(F)nn2c(Br)ccc12.Nc1nc(F)nn2cccc12.Nc1nc(N)c2cccn2n1. The number of hydrogen-bond acceptors (Lipinski definition) is 12. The number of hydrogen-bond donors (Lipinski definition) is 6. The van der Waals surface area contributed by atoms with Crippen molar-refractivity contribution in [3.63, 3.8) is 0 Å². The zero-order valence-electron chi connectivity index (χ0n) is 23.2. The van der Waals surface area contributed by atoms with Crippen molar-refractivity contribution in [1.29, 1.82) is 0 Å². The number of rotatable bonds is 0. The molecule has 0 aliphatic carbocycles. The Hall–Kier alpha value is -4.70. The van der Waals surface area contributed by atoms with Gasteiger partial charge in [-0.25, -0.2) is 18.3 Å². The molecule has 0 spiro atoms. The van der Waals surface area contributed by atoms with E-state index in [-0.39, 0.29) is 57.5 Å². The number of nitrogen functional groups attached to an aromatic ring is 4. The van der Waals surface area contributed by atoms with E-state index in [0.717, 1.165) is 5.52 Å². The third-order valence-corrected chi connectivity index (χ3v) is 6.12. The number of carbonyl (C=O) groups is 2. The maximum absolute atomic E-state index is 12.6. The van der Waals surface area contributed by atoms with E-state index < -0.39 is 23.7 Å². The molecule has 0 aromatic carbocycles. The molecular weight excluding hydrogens is 796 g/mol. The first kappa shape index (κ1) is 36.5. The van der Waals surface area contributed by atoms with E-state index in [4.69, 9.17) is 22.9 Å². The molecule has 240 valence electrons. The molecule has 0 radical (unpaired) electrons. The van der Waals surface area contributed by atoms with Gasteiger partial charge in [-0.2, -0.15) is 23.7 Å². The molecule has 10 N–H and O–H groups in total. The summed E-state index contributed by atoms with van der Waals surface area (Å²) in [4.78, 5) is 31.7. The van der Waals surface area contributed by atoms with Crippen LogP contribution in [0.25, 0.3) is 16.6 Å². The van der Waals surface area contributed by atoms with Gasteiger partial charge in [-0.1, -0.05) is 0 Å². The van der Waals surface area contributed by atoms with Crippen molar-refractivity contribution in [1.82, 2.24) is 54.4 Å². The lowest BCUT2D eigenvalue weighted by Crippen LogP contribution is -2.39. The van der Waals surface area contributed by atoms with Crippen LogP contribution in [0.4, 0.5) is 37.0 Å². The number of aromatic nitrogens is 9. The van der Waals surface area contributed by atoms with E-state index >= 15 is 0 Å². The smallest absolute Gasteiger partial charge is 0.327 e. The summed E-state index contributed by atoms with van der Waals surface area (Å²) in [7, 11) is 0. The van der Waals surface area contributed by atoms with Gasteiger partial charge in [0.1, 0.15) is 26.7 Å². The van der Waals surface area contributed by atoms with Crippen molar-refractivity contribution < 1.29 is 18.4 Å². The Bertz CT molecular complexity index is 1880. The normalized spacial score (nSPS) is 12.7. The Balaban J connectivity index is 0.000000207. The maximum atomic E-state index is 12.6. The van der Waals surface area contributed by atoms with Crippen molar-refractivity contribution in [3.8, 4) is 0 Å². The van der Waals surface area contributed by atoms with Crippen LogP contribution in [0.1, 0.15) is 13.8 Å². The highest BCUT2D eigenvalue weighted by Gasteiger charge is 2.36. The Labute approximate surface area is 281 Å². The summed E-state index contributed by atoms with van der Waals surface area (Å²) in [6.07, 6.45) is 1.73. The summed E-state index contributed by atoms with van der Waals surface area (Å²) in [6.45, 7) is 3.29. The van der Waals surface area contributed by atoms with E-state index in [1.165, 1.54) is 9.03 Å². The molecule has 7 rings (SSSR count). The molecule has 45 heavy (non-hydrogen) atoms. The van der Waals surface area contributed by atoms with E-state index in [2.05, 4.69) is 56.8 Å². The largest absolute Gasteiger partial charge is 0.382 e. The van der Waals surface area contributed by atoms with Crippen LogP contribution in [0.3, 0.4) is 0 Å². The van der Waals surface area contributed by atoms with Crippen LogP contribution >= 0.6 is 49.9 Å². The fourth-order valence-electron chi connectivity index (χ4n) is 3.50. The Morgan fingerprint density at radius 2 is 1.27 bits per heavy atom. The summed E-state index contributed by atoms with van der Waals surface area (Å²) in [5, 5.41) is 15.4. The van der Waals surface area contributed by atoms with Crippen LogP contribution in [0.5, 0.6) is 0 Å². The van der Waals surface area contributed by atoms with Gasteiger partial charge in [-0.15, -0.1) is 49.3 Å². The van der Waals surface area contributed by atoms with E-state index in [1.807, 2.05) is 12.1 Å². The Morgan fingerprint density at radius 1 is 0.756 bits per heavy atom. The lowest BCUT2D eigenvalue weighted by atomic mass is 10.1. The first-order chi connectivity index (χ1) is 20.2. The van der Waals surface area contributed by atoms with Gasteiger partial charge in [-0.3, -0.25) is 10.1 Å². The Kier molecular flexibility index (Phi) is 12.0. The van der Waals surface area contributed by atoms with Crippen LogP contribution in [-0.4, -0.2) is 61.3 Å². The van der Waals surface area contributed by atoms with Gasteiger partial charge >= 0.3 is 18.2 Å². The zero-order chi connectivity index (χ0) is 31.5.